The van der Waals surface area contributed by atoms with Crippen LogP contribution < -0.4 is 29.9 Å². The van der Waals surface area contributed by atoms with Gasteiger partial charge in [-0.05, 0) is 41.0 Å². The van der Waals surface area contributed by atoms with Crippen LogP contribution >= 0.6 is 23.2 Å². The normalized spacial score (nSPS) is 14.1. The van der Waals surface area contributed by atoms with E-state index in [0.717, 1.165) is 57.2 Å². The maximum Gasteiger partial charge on any atom is 0.211 e. The molecule has 0 aromatic heterocycles. The lowest BCUT2D eigenvalue weighted by atomic mass is 9.84. The minimum absolute atomic E-state index is 0.0626. The zero-order chi connectivity index (χ0) is 29.6. The number of nitrogens with zero attached hydrogens (tertiary/aromatic N) is 2. The number of ether oxygens (including phenoxy) is 1. The van der Waals surface area contributed by atoms with Gasteiger partial charge in [0.15, 0.2) is 6.54 Å². The molecule has 0 spiro atoms. The van der Waals surface area contributed by atoms with E-state index in [2.05, 4.69) is 60.0 Å². The standard InChI is InChI=1S/C36H24Cl2N2O3/c1-39-17-19-7-3-5-9-21(19)23-13-25-31(15-29(23)39)43-32-16-30-24(22-10-6-4-8-20(22)18-40(30)2)14-26(32)33(25)34-27(37)11-12-28(38)35(34)36(41)42/h3-16H,17-18H2,1-2H3. The fourth-order valence-corrected chi connectivity index (χ4v) is 7.30. The van der Waals surface area contributed by atoms with Gasteiger partial charge in [0.1, 0.15) is 18.5 Å². The van der Waals surface area contributed by atoms with Gasteiger partial charge in [0.2, 0.25) is 5.36 Å². The van der Waals surface area contributed by atoms with E-state index in [0.29, 0.717) is 22.6 Å². The number of carboxylic acids is 1. The first-order valence-electron chi connectivity index (χ1n) is 14.0. The quantitative estimate of drug-likeness (QED) is 0.241. The number of rotatable bonds is 2. The van der Waals surface area contributed by atoms with Crippen molar-refractivity contribution < 1.29 is 14.6 Å². The molecule has 7 heteroatoms. The van der Waals surface area contributed by atoms with Crippen molar-refractivity contribution in [2.75, 3.05) is 19.0 Å². The number of hydrogen-bond acceptors (Lipinski definition) is 4. The van der Waals surface area contributed by atoms with E-state index >= 15 is 0 Å². The molecule has 0 atom stereocenters. The summed E-state index contributed by atoms with van der Waals surface area (Å²) in [5.74, 6) is -0.158. The SMILES string of the molecule is CN1Cc2ccccc2-c2cc3c(cc21)Oc1cc2c(cc1=C3c1c(Cl)ccc(Cl)c1C(=O)[O-])-c1ccccc1C[N+]=2C. The Kier molecular flexibility index (Phi) is 5.74. The van der Waals surface area contributed by atoms with Gasteiger partial charge in [0, 0.05) is 69.0 Å². The molecular weight excluding hydrogens is 579 g/mol. The molecule has 0 saturated carbocycles. The molecule has 5 aromatic carbocycles. The van der Waals surface area contributed by atoms with Crippen molar-refractivity contribution >= 4 is 40.4 Å². The zero-order valence-electron chi connectivity index (χ0n) is 23.4. The first-order chi connectivity index (χ1) is 20.8. The molecule has 0 bridgehead atoms. The molecule has 5 aromatic rings. The van der Waals surface area contributed by atoms with Gasteiger partial charge in [0.25, 0.3) is 0 Å². The molecule has 43 heavy (non-hydrogen) atoms. The van der Waals surface area contributed by atoms with Crippen LogP contribution in [0.15, 0.2) is 84.9 Å². The van der Waals surface area contributed by atoms with Crippen LogP contribution in [-0.2, 0) is 13.1 Å². The largest absolute Gasteiger partial charge is 0.545 e. The maximum absolute atomic E-state index is 12.6. The van der Waals surface area contributed by atoms with Crippen molar-refractivity contribution in [3.63, 3.8) is 0 Å². The van der Waals surface area contributed by atoms with Gasteiger partial charge >= 0.3 is 0 Å². The Morgan fingerprint density at radius 1 is 0.814 bits per heavy atom. The van der Waals surface area contributed by atoms with Crippen LogP contribution in [0, 0.1) is 0 Å². The number of carboxylic acid groups (broad SMARTS) is 1. The summed E-state index contributed by atoms with van der Waals surface area (Å²) < 4.78 is 8.89. The Hall–Kier alpha value is -4.58. The predicted molar refractivity (Wildman–Crippen MR) is 168 cm³/mol. The number of carbonyl (C=O) groups is 1. The van der Waals surface area contributed by atoms with Crippen LogP contribution in [-0.4, -0.2) is 20.1 Å². The van der Waals surface area contributed by atoms with Crippen molar-refractivity contribution in [3.05, 3.63) is 133 Å². The van der Waals surface area contributed by atoms with Crippen molar-refractivity contribution in [1.29, 1.82) is 0 Å². The number of halogens is 2. The van der Waals surface area contributed by atoms with E-state index < -0.39 is 5.97 Å². The van der Waals surface area contributed by atoms with E-state index in [1.54, 1.807) is 6.07 Å². The van der Waals surface area contributed by atoms with E-state index in [1.807, 2.05) is 36.4 Å². The molecule has 210 valence electrons. The van der Waals surface area contributed by atoms with Gasteiger partial charge in [-0.3, -0.25) is 0 Å². The Bertz CT molecular complexity index is 2210. The van der Waals surface area contributed by atoms with Gasteiger partial charge in [-0.1, -0.05) is 71.7 Å². The third kappa shape index (κ3) is 3.85. The molecule has 0 aliphatic carbocycles. The molecule has 5 nitrogen and oxygen atoms in total. The second-order valence-corrected chi connectivity index (χ2v) is 12.1. The monoisotopic (exact) mass is 602 g/mol. The molecule has 0 fully saturated rings. The molecule has 0 unspecified atom stereocenters. The molecule has 0 radical (unpaired) electrons. The molecule has 0 saturated heterocycles. The second-order valence-electron chi connectivity index (χ2n) is 11.3. The number of aromatic carboxylic acids is 1. The van der Waals surface area contributed by atoms with Crippen molar-refractivity contribution in [2.24, 2.45) is 0 Å². The summed E-state index contributed by atoms with van der Waals surface area (Å²) in [5, 5.41) is 14.7. The maximum atomic E-state index is 12.6. The third-order valence-corrected chi connectivity index (χ3v) is 9.39. The molecule has 3 heterocycles. The van der Waals surface area contributed by atoms with Gasteiger partial charge < -0.3 is 19.5 Å². The molecule has 3 aliphatic rings. The number of anilines is 1. The predicted octanol–water partition coefficient (Wildman–Crippen LogP) is 5.63. The lowest BCUT2D eigenvalue weighted by molar-refractivity contribution is -0.255. The van der Waals surface area contributed by atoms with E-state index in [4.69, 9.17) is 27.9 Å². The summed E-state index contributed by atoms with van der Waals surface area (Å²) in [6.07, 6.45) is 0. The van der Waals surface area contributed by atoms with Crippen molar-refractivity contribution in [2.45, 2.75) is 13.1 Å². The highest BCUT2D eigenvalue weighted by atomic mass is 35.5. The number of carbonyl (C=O) groups excluding carboxylic acids is 1. The first-order valence-corrected chi connectivity index (χ1v) is 14.8. The number of hydrogen-bond donors (Lipinski definition) is 0. The summed E-state index contributed by atoms with van der Waals surface area (Å²) in [6.45, 7) is 1.53. The van der Waals surface area contributed by atoms with Crippen LogP contribution in [0.5, 0.6) is 11.5 Å². The molecular formula is C36H24Cl2N2O3. The van der Waals surface area contributed by atoms with Gasteiger partial charge in [-0.25, -0.2) is 4.58 Å². The summed E-state index contributed by atoms with van der Waals surface area (Å²) >= 11 is 13.4. The Balaban J connectivity index is 1.55. The van der Waals surface area contributed by atoms with E-state index in [9.17, 15) is 9.90 Å². The summed E-state index contributed by atoms with van der Waals surface area (Å²) in [4.78, 5) is 14.8. The minimum atomic E-state index is -1.39. The highest BCUT2D eigenvalue weighted by Gasteiger charge is 2.31. The van der Waals surface area contributed by atoms with Gasteiger partial charge in [-0.2, -0.15) is 0 Å². The van der Waals surface area contributed by atoms with Crippen molar-refractivity contribution in [1.82, 2.24) is 4.58 Å². The topological polar surface area (TPSA) is 55.6 Å². The highest BCUT2D eigenvalue weighted by molar-refractivity contribution is 6.37. The van der Waals surface area contributed by atoms with Gasteiger partial charge in [-0.15, -0.1) is 0 Å². The smallest absolute Gasteiger partial charge is 0.211 e. The molecule has 8 rings (SSSR count). The van der Waals surface area contributed by atoms with Crippen LogP contribution in [0.4, 0.5) is 5.69 Å². The lowest BCUT2D eigenvalue weighted by Gasteiger charge is -2.32. The van der Waals surface area contributed by atoms with Crippen LogP contribution in [0.25, 0.3) is 27.8 Å². The average Bonchev–Trinajstić information content (AvgIpc) is 3.00. The highest BCUT2D eigenvalue weighted by Crippen LogP contribution is 2.48. The van der Waals surface area contributed by atoms with E-state index in [-0.39, 0.29) is 15.6 Å². The fraction of sp³-hybridized carbons (Fsp3) is 0.111. The van der Waals surface area contributed by atoms with Crippen molar-refractivity contribution in [3.8, 4) is 33.8 Å². The Morgan fingerprint density at radius 2 is 1.51 bits per heavy atom. The number of benzene rings is 5. The summed E-state index contributed by atoms with van der Waals surface area (Å²) in [5.41, 5.74) is 9.31. The third-order valence-electron chi connectivity index (χ3n) is 8.76. The summed E-state index contributed by atoms with van der Waals surface area (Å²) in [6, 6.07) is 28.1. The summed E-state index contributed by atoms with van der Waals surface area (Å²) in [7, 11) is 4.13. The van der Waals surface area contributed by atoms with Crippen LogP contribution in [0.3, 0.4) is 0 Å². The molecule has 0 amide bonds. The first kappa shape index (κ1) is 26.1. The average molecular weight is 604 g/mol. The van der Waals surface area contributed by atoms with Crippen LogP contribution in [0.1, 0.15) is 32.6 Å². The Labute approximate surface area is 258 Å². The van der Waals surface area contributed by atoms with Gasteiger partial charge in [0.05, 0.1) is 22.6 Å². The minimum Gasteiger partial charge on any atom is -0.545 e. The second kappa shape index (κ2) is 9.46. The number of fused-ring (bicyclic) bond motifs is 8. The molecule has 0 N–H and O–H groups in total. The lowest BCUT2D eigenvalue weighted by Crippen LogP contribution is -2.34. The van der Waals surface area contributed by atoms with Crippen LogP contribution in [0.2, 0.25) is 10.0 Å². The fourth-order valence-electron chi connectivity index (χ4n) is 6.81. The molecule has 3 aliphatic heterocycles. The Morgan fingerprint density at radius 3 is 2.28 bits per heavy atom. The van der Waals surface area contributed by atoms with E-state index in [1.165, 1.54) is 17.2 Å². The zero-order valence-corrected chi connectivity index (χ0v) is 24.9.